The maximum Gasteiger partial charge on any atom is 0.335 e. The first kappa shape index (κ1) is 15.2. The van der Waals surface area contributed by atoms with Gasteiger partial charge in [-0.3, -0.25) is 0 Å². The summed E-state index contributed by atoms with van der Waals surface area (Å²) in [7, 11) is -1.97. The molecule has 1 saturated heterocycles. The standard InChI is InChI=1S/C13H28O3Si/c1-11(2)15-17(5,16-12(3)4)9-7-6-8-13-10-14-13/h11-13H,6-10H2,1-5H3. The first-order valence-corrected chi connectivity index (χ1v) is 9.41. The summed E-state index contributed by atoms with van der Waals surface area (Å²) in [6.07, 6.45) is 4.71. The third-order valence-electron chi connectivity index (χ3n) is 2.78. The SMILES string of the molecule is CC(C)O[Si](C)(CCCCC1CO1)OC(C)C. The first-order valence-electron chi connectivity index (χ1n) is 6.88. The van der Waals surface area contributed by atoms with Crippen LogP contribution in [0, 0.1) is 0 Å². The Kier molecular flexibility index (Phi) is 6.13. The molecule has 0 aromatic carbocycles. The summed E-state index contributed by atoms with van der Waals surface area (Å²) >= 11 is 0. The summed E-state index contributed by atoms with van der Waals surface area (Å²) in [4.78, 5) is 0. The molecule has 0 aliphatic carbocycles. The monoisotopic (exact) mass is 260 g/mol. The molecule has 1 fully saturated rings. The quantitative estimate of drug-likeness (QED) is 0.361. The van der Waals surface area contributed by atoms with E-state index in [1.54, 1.807) is 0 Å². The van der Waals surface area contributed by atoms with Gasteiger partial charge >= 0.3 is 8.56 Å². The maximum absolute atomic E-state index is 6.06. The highest BCUT2D eigenvalue weighted by Gasteiger charge is 2.33. The predicted octanol–water partition coefficient (Wildman–Crippen LogP) is 3.48. The molecule has 1 heterocycles. The fraction of sp³-hybridized carbons (Fsp3) is 1.00. The molecule has 0 aromatic rings. The fourth-order valence-electron chi connectivity index (χ4n) is 2.20. The normalized spacial score (nSPS) is 20.3. The molecular weight excluding hydrogens is 232 g/mol. The first-order chi connectivity index (χ1) is 7.91. The Bertz CT molecular complexity index is 205. The summed E-state index contributed by atoms with van der Waals surface area (Å²) in [5, 5.41) is 0. The van der Waals surface area contributed by atoms with E-state index in [4.69, 9.17) is 13.6 Å². The molecule has 1 atom stereocenters. The molecule has 1 unspecified atom stereocenters. The molecular formula is C13H28O3Si. The molecule has 0 N–H and O–H groups in total. The van der Waals surface area contributed by atoms with E-state index in [0.29, 0.717) is 6.10 Å². The minimum Gasteiger partial charge on any atom is -0.392 e. The molecule has 0 amide bonds. The average Bonchev–Trinajstić information content (AvgIpc) is 2.93. The Balaban J connectivity index is 2.26. The number of hydrogen-bond donors (Lipinski definition) is 0. The van der Waals surface area contributed by atoms with Crippen LogP contribution in [0.25, 0.3) is 0 Å². The van der Waals surface area contributed by atoms with E-state index in [1.165, 1.54) is 19.3 Å². The second kappa shape index (κ2) is 6.88. The smallest absolute Gasteiger partial charge is 0.335 e. The highest BCUT2D eigenvalue weighted by atomic mass is 28.4. The lowest BCUT2D eigenvalue weighted by Crippen LogP contribution is -2.42. The van der Waals surface area contributed by atoms with Crippen molar-refractivity contribution < 1.29 is 13.6 Å². The van der Waals surface area contributed by atoms with Crippen molar-refractivity contribution in [1.29, 1.82) is 0 Å². The number of epoxide rings is 1. The highest BCUT2D eigenvalue weighted by molar-refractivity contribution is 6.66. The number of rotatable bonds is 9. The Morgan fingerprint density at radius 2 is 1.65 bits per heavy atom. The van der Waals surface area contributed by atoms with E-state index in [9.17, 15) is 0 Å². The Morgan fingerprint density at radius 1 is 1.12 bits per heavy atom. The topological polar surface area (TPSA) is 31.0 Å². The van der Waals surface area contributed by atoms with Gasteiger partial charge in [0.25, 0.3) is 0 Å². The minimum absolute atomic E-state index is 0.261. The average molecular weight is 260 g/mol. The van der Waals surface area contributed by atoms with E-state index < -0.39 is 8.56 Å². The van der Waals surface area contributed by atoms with Crippen molar-refractivity contribution in [3.05, 3.63) is 0 Å². The molecule has 0 aromatic heterocycles. The number of hydrogen-bond acceptors (Lipinski definition) is 3. The van der Waals surface area contributed by atoms with Gasteiger partial charge in [-0.2, -0.15) is 0 Å². The molecule has 102 valence electrons. The Hall–Kier alpha value is 0.0969. The molecule has 1 aliphatic heterocycles. The van der Waals surface area contributed by atoms with Crippen molar-refractivity contribution in [2.75, 3.05) is 6.61 Å². The van der Waals surface area contributed by atoms with Crippen molar-refractivity contribution in [3.8, 4) is 0 Å². The molecule has 0 spiro atoms. The van der Waals surface area contributed by atoms with Gasteiger partial charge < -0.3 is 13.6 Å². The van der Waals surface area contributed by atoms with Crippen LogP contribution in [-0.2, 0) is 13.6 Å². The summed E-state index contributed by atoms with van der Waals surface area (Å²) in [6, 6.07) is 1.09. The van der Waals surface area contributed by atoms with Crippen molar-refractivity contribution in [2.45, 2.75) is 77.9 Å². The molecule has 4 heteroatoms. The Morgan fingerprint density at radius 3 is 2.06 bits per heavy atom. The summed E-state index contributed by atoms with van der Waals surface area (Å²) in [5.41, 5.74) is 0. The second-order valence-electron chi connectivity index (χ2n) is 5.67. The molecule has 1 aliphatic rings. The molecule has 0 bridgehead atoms. The minimum atomic E-state index is -1.97. The molecule has 3 nitrogen and oxygen atoms in total. The van der Waals surface area contributed by atoms with Crippen LogP contribution in [0.2, 0.25) is 12.6 Å². The van der Waals surface area contributed by atoms with E-state index >= 15 is 0 Å². The molecule has 1 rings (SSSR count). The van der Waals surface area contributed by atoms with Gasteiger partial charge in [0.15, 0.2) is 0 Å². The van der Waals surface area contributed by atoms with Crippen LogP contribution in [0.1, 0.15) is 47.0 Å². The highest BCUT2D eigenvalue weighted by Crippen LogP contribution is 2.23. The lowest BCUT2D eigenvalue weighted by molar-refractivity contribution is 0.109. The van der Waals surface area contributed by atoms with Crippen molar-refractivity contribution in [3.63, 3.8) is 0 Å². The molecule has 0 saturated carbocycles. The van der Waals surface area contributed by atoms with Gasteiger partial charge in [0.1, 0.15) is 0 Å². The zero-order valence-corrected chi connectivity index (χ0v) is 13.0. The number of ether oxygens (including phenoxy) is 1. The molecule has 17 heavy (non-hydrogen) atoms. The van der Waals surface area contributed by atoms with Gasteiger partial charge in [-0.25, -0.2) is 0 Å². The number of unbranched alkanes of at least 4 members (excludes halogenated alkanes) is 1. The van der Waals surface area contributed by atoms with Gasteiger partial charge in [0.05, 0.1) is 12.7 Å². The fourth-order valence-corrected chi connectivity index (χ4v) is 5.37. The van der Waals surface area contributed by atoms with Crippen LogP contribution in [0.3, 0.4) is 0 Å². The van der Waals surface area contributed by atoms with Gasteiger partial charge in [0, 0.05) is 12.2 Å². The van der Waals surface area contributed by atoms with Crippen LogP contribution in [0.15, 0.2) is 0 Å². The molecule has 0 radical (unpaired) electrons. The summed E-state index contributed by atoms with van der Waals surface area (Å²) in [5.74, 6) is 0. The predicted molar refractivity (Wildman–Crippen MR) is 72.5 cm³/mol. The third kappa shape index (κ3) is 7.19. The van der Waals surface area contributed by atoms with Crippen molar-refractivity contribution >= 4 is 8.56 Å². The second-order valence-corrected chi connectivity index (χ2v) is 8.91. The lowest BCUT2D eigenvalue weighted by Gasteiger charge is -2.31. The maximum atomic E-state index is 6.06. The summed E-state index contributed by atoms with van der Waals surface area (Å²) in [6.45, 7) is 11.5. The van der Waals surface area contributed by atoms with Crippen LogP contribution in [0.4, 0.5) is 0 Å². The van der Waals surface area contributed by atoms with Crippen LogP contribution in [0.5, 0.6) is 0 Å². The summed E-state index contributed by atoms with van der Waals surface area (Å²) < 4.78 is 17.3. The van der Waals surface area contributed by atoms with E-state index in [-0.39, 0.29) is 12.2 Å². The van der Waals surface area contributed by atoms with E-state index in [0.717, 1.165) is 12.7 Å². The van der Waals surface area contributed by atoms with Gasteiger partial charge in [-0.1, -0.05) is 12.8 Å². The van der Waals surface area contributed by atoms with Crippen LogP contribution in [-0.4, -0.2) is 33.5 Å². The zero-order chi connectivity index (χ0) is 12.9. The largest absolute Gasteiger partial charge is 0.392 e. The van der Waals surface area contributed by atoms with Crippen LogP contribution < -0.4 is 0 Å². The van der Waals surface area contributed by atoms with Crippen LogP contribution >= 0.6 is 0 Å². The van der Waals surface area contributed by atoms with Gasteiger partial charge in [0.2, 0.25) is 0 Å². The van der Waals surface area contributed by atoms with E-state index in [2.05, 4.69) is 34.2 Å². The Labute approximate surface area is 107 Å². The van der Waals surface area contributed by atoms with Gasteiger partial charge in [-0.05, 0) is 46.7 Å². The van der Waals surface area contributed by atoms with Crippen molar-refractivity contribution in [1.82, 2.24) is 0 Å². The van der Waals surface area contributed by atoms with E-state index in [1.807, 2.05) is 0 Å². The van der Waals surface area contributed by atoms with Gasteiger partial charge in [-0.15, -0.1) is 0 Å². The lowest BCUT2D eigenvalue weighted by atomic mass is 10.2. The third-order valence-corrected chi connectivity index (χ3v) is 5.98. The zero-order valence-electron chi connectivity index (χ0n) is 12.0. The van der Waals surface area contributed by atoms with Crippen molar-refractivity contribution in [2.24, 2.45) is 0 Å².